The van der Waals surface area contributed by atoms with Crippen LogP contribution in [0.2, 0.25) is 0 Å². The Labute approximate surface area is 177 Å². The number of rotatable bonds is 2. The molecule has 4 amide bonds. The van der Waals surface area contributed by atoms with E-state index in [-0.39, 0.29) is 18.0 Å². The van der Waals surface area contributed by atoms with Crippen LogP contribution in [0.5, 0.6) is 0 Å². The fraction of sp³-hybridized carbons (Fsp3) is 0.619. The summed E-state index contributed by atoms with van der Waals surface area (Å²) in [4.78, 5) is 45.5. The lowest BCUT2D eigenvalue weighted by Gasteiger charge is -2.45. The zero-order valence-corrected chi connectivity index (χ0v) is 18.0. The number of aromatic nitrogens is 1. The Kier molecular flexibility index (Phi) is 6.79. The highest BCUT2D eigenvalue weighted by molar-refractivity contribution is 6.39. The molecule has 0 spiro atoms. The van der Waals surface area contributed by atoms with Gasteiger partial charge >= 0.3 is 17.8 Å². The lowest BCUT2D eigenvalue weighted by molar-refractivity contribution is -0.148. The molecule has 0 aliphatic carbocycles. The Morgan fingerprint density at radius 3 is 2.67 bits per heavy atom. The van der Waals surface area contributed by atoms with Crippen LogP contribution in [0.3, 0.4) is 0 Å². The number of anilines is 2. The summed E-state index contributed by atoms with van der Waals surface area (Å²) in [6.45, 7) is 5.76. The van der Waals surface area contributed by atoms with Gasteiger partial charge in [0.1, 0.15) is 5.82 Å². The second-order valence-electron chi connectivity index (χ2n) is 8.49. The van der Waals surface area contributed by atoms with Crippen molar-refractivity contribution in [3.8, 4) is 0 Å². The molecule has 0 radical (unpaired) electrons. The van der Waals surface area contributed by atoms with Gasteiger partial charge in [0.05, 0.1) is 11.9 Å². The maximum Gasteiger partial charge on any atom is 0.317 e. The third-order valence-electron chi connectivity index (χ3n) is 6.20. The van der Waals surface area contributed by atoms with Crippen molar-refractivity contribution in [2.45, 2.75) is 45.6 Å². The largest absolute Gasteiger partial charge is 0.383 e. The fourth-order valence-corrected chi connectivity index (χ4v) is 4.53. The summed E-state index contributed by atoms with van der Waals surface area (Å²) in [5, 5.41) is 5.34. The second kappa shape index (κ2) is 9.32. The Morgan fingerprint density at radius 1 is 1.20 bits per heavy atom. The molecule has 9 nitrogen and oxygen atoms in total. The zero-order chi connectivity index (χ0) is 21.8. The minimum Gasteiger partial charge on any atom is -0.383 e. The number of likely N-dealkylation sites (tertiary alicyclic amines) is 2. The van der Waals surface area contributed by atoms with Crippen molar-refractivity contribution in [2.75, 3.05) is 37.7 Å². The van der Waals surface area contributed by atoms with Crippen LogP contribution in [0.1, 0.15) is 38.2 Å². The smallest absolute Gasteiger partial charge is 0.317 e. The lowest BCUT2D eigenvalue weighted by atomic mass is 9.82. The monoisotopic (exact) mass is 416 g/mol. The van der Waals surface area contributed by atoms with E-state index in [1.807, 2.05) is 0 Å². The minimum atomic E-state index is -0.668. The standard InChI is InChI=1S/C21H32N6O3/c1-13-6-7-17(15-5-4-8-26(12-15)21(30)23-3)27(11-13)20(29)19(28)25-16-9-14(2)18(22)24-10-16/h9-10,13,15,17H,4-8,11-12H2,1-3H3,(H2,22,24)(H,23,30)(H,25,28). The van der Waals surface area contributed by atoms with Crippen LogP contribution in [-0.4, -0.2) is 65.4 Å². The average molecular weight is 417 g/mol. The number of aryl methyl sites for hydroxylation is 1. The van der Waals surface area contributed by atoms with Gasteiger partial charge in [-0.15, -0.1) is 0 Å². The Morgan fingerprint density at radius 2 is 1.97 bits per heavy atom. The van der Waals surface area contributed by atoms with Crippen LogP contribution in [0.25, 0.3) is 0 Å². The number of hydrogen-bond acceptors (Lipinski definition) is 5. The van der Waals surface area contributed by atoms with Crippen LogP contribution >= 0.6 is 0 Å². The van der Waals surface area contributed by atoms with Gasteiger partial charge in [-0.1, -0.05) is 6.92 Å². The molecule has 0 bridgehead atoms. The summed E-state index contributed by atoms with van der Waals surface area (Å²) in [7, 11) is 1.63. The molecule has 2 aliphatic heterocycles. The molecule has 2 aliphatic rings. The number of nitrogens with one attached hydrogen (secondary N) is 2. The summed E-state index contributed by atoms with van der Waals surface area (Å²) in [6, 6.07) is 1.57. The van der Waals surface area contributed by atoms with Crippen molar-refractivity contribution in [3.05, 3.63) is 17.8 Å². The van der Waals surface area contributed by atoms with Gasteiger partial charge in [-0.25, -0.2) is 9.78 Å². The van der Waals surface area contributed by atoms with Crippen molar-refractivity contribution < 1.29 is 14.4 Å². The third-order valence-corrected chi connectivity index (χ3v) is 6.20. The van der Waals surface area contributed by atoms with E-state index >= 15 is 0 Å². The van der Waals surface area contributed by atoms with Crippen LogP contribution in [0.4, 0.5) is 16.3 Å². The molecular formula is C21H32N6O3. The van der Waals surface area contributed by atoms with E-state index in [0.717, 1.165) is 37.8 Å². The van der Waals surface area contributed by atoms with E-state index in [0.29, 0.717) is 30.5 Å². The van der Waals surface area contributed by atoms with E-state index in [9.17, 15) is 14.4 Å². The number of pyridine rings is 1. The topological polar surface area (TPSA) is 121 Å². The normalized spacial score (nSPS) is 24.3. The number of nitrogens with zero attached hydrogens (tertiary/aromatic N) is 3. The average Bonchev–Trinajstić information content (AvgIpc) is 2.75. The lowest BCUT2D eigenvalue weighted by Crippen LogP contribution is -2.56. The first-order valence-corrected chi connectivity index (χ1v) is 10.6. The summed E-state index contributed by atoms with van der Waals surface area (Å²) >= 11 is 0. The molecule has 0 aromatic carbocycles. The van der Waals surface area contributed by atoms with Gasteiger partial charge in [-0.05, 0) is 56.1 Å². The Hall–Kier alpha value is -2.84. The first-order chi connectivity index (χ1) is 14.3. The predicted octanol–water partition coefficient (Wildman–Crippen LogP) is 1.59. The van der Waals surface area contributed by atoms with E-state index in [2.05, 4.69) is 22.5 Å². The van der Waals surface area contributed by atoms with Gasteiger partial charge in [-0.3, -0.25) is 9.59 Å². The molecule has 30 heavy (non-hydrogen) atoms. The summed E-state index contributed by atoms with van der Waals surface area (Å²) in [5.41, 5.74) is 6.91. The number of nitrogen functional groups attached to an aromatic ring is 1. The highest BCUT2D eigenvalue weighted by atomic mass is 16.2. The molecular weight excluding hydrogens is 384 g/mol. The summed E-state index contributed by atoms with van der Waals surface area (Å²) < 4.78 is 0. The van der Waals surface area contributed by atoms with Crippen molar-refractivity contribution >= 4 is 29.4 Å². The molecule has 2 fully saturated rings. The first-order valence-electron chi connectivity index (χ1n) is 10.6. The molecule has 1 aromatic rings. The van der Waals surface area contributed by atoms with Crippen LogP contribution in [-0.2, 0) is 9.59 Å². The van der Waals surface area contributed by atoms with Crippen LogP contribution < -0.4 is 16.4 Å². The van der Waals surface area contributed by atoms with E-state index in [4.69, 9.17) is 5.73 Å². The highest BCUT2D eigenvalue weighted by Gasteiger charge is 2.39. The molecule has 4 N–H and O–H groups in total. The van der Waals surface area contributed by atoms with Crippen molar-refractivity contribution in [2.24, 2.45) is 11.8 Å². The van der Waals surface area contributed by atoms with Gasteiger partial charge < -0.3 is 26.2 Å². The zero-order valence-electron chi connectivity index (χ0n) is 18.0. The maximum absolute atomic E-state index is 13.1. The maximum atomic E-state index is 13.1. The number of nitrogens with two attached hydrogens (primary N) is 1. The van der Waals surface area contributed by atoms with Gasteiger partial charge in [0.15, 0.2) is 0 Å². The van der Waals surface area contributed by atoms with Crippen LogP contribution in [0, 0.1) is 18.8 Å². The molecule has 2 saturated heterocycles. The number of piperidine rings is 2. The van der Waals surface area contributed by atoms with Crippen molar-refractivity contribution in [3.63, 3.8) is 0 Å². The van der Waals surface area contributed by atoms with Gasteiger partial charge in [-0.2, -0.15) is 0 Å². The predicted molar refractivity (Wildman–Crippen MR) is 115 cm³/mol. The summed E-state index contributed by atoms with van der Waals surface area (Å²) in [5.74, 6) is -0.308. The number of urea groups is 1. The molecule has 1 aromatic heterocycles. The molecule has 3 unspecified atom stereocenters. The van der Waals surface area contributed by atoms with Crippen molar-refractivity contribution in [1.82, 2.24) is 20.1 Å². The highest BCUT2D eigenvalue weighted by Crippen LogP contribution is 2.32. The minimum absolute atomic E-state index is 0.0433. The number of amides is 4. The number of carbonyl (C=O) groups is 3. The molecule has 3 atom stereocenters. The Bertz CT molecular complexity index is 814. The van der Waals surface area contributed by atoms with Crippen LogP contribution in [0.15, 0.2) is 12.3 Å². The van der Waals surface area contributed by atoms with E-state index in [1.165, 1.54) is 6.20 Å². The molecule has 3 heterocycles. The number of hydrogen-bond donors (Lipinski definition) is 3. The van der Waals surface area contributed by atoms with Gasteiger partial charge in [0, 0.05) is 32.7 Å². The fourth-order valence-electron chi connectivity index (χ4n) is 4.53. The molecule has 3 rings (SSSR count). The van der Waals surface area contributed by atoms with Gasteiger partial charge in [0.25, 0.3) is 0 Å². The quantitative estimate of drug-likeness (QED) is 0.632. The molecule has 0 saturated carbocycles. The van der Waals surface area contributed by atoms with Gasteiger partial charge in [0.2, 0.25) is 0 Å². The van der Waals surface area contributed by atoms with Crippen molar-refractivity contribution in [1.29, 1.82) is 0 Å². The SMILES string of the molecule is CNC(=O)N1CCCC(C2CCC(C)CN2C(=O)C(=O)Nc2cnc(N)c(C)c2)C1. The third kappa shape index (κ3) is 4.83. The molecule has 164 valence electrons. The summed E-state index contributed by atoms with van der Waals surface area (Å²) in [6.07, 6.45) is 5.14. The Balaban J connectivity index is 1.73. The molecule has 9 heteroatoms. The second-order valence-corrected chi connectivity index (χ2v) is 8.49. The first kappa shape index (κ1) is 21.9. The van der Waals surface area contributed by atoms with E-state index < -0.39 is 11.8 Å². The number of carbonyl (C=O) groups excluding carboxylic acids is 3. The van der Waals surface area contributed by atoms with E-state index in [1.54, 1.807) is 29.8 Å².